The van der Waals surface area contributed by atoms with Gasteiger partial charge in [-0.25, -0.2) is 0 Å². The average molecular weight is 275 g/mol. The van der Waals surface area contributed by atoms with Gasteiger partial charge in [-0.2, -0.15) is 0 Å². The second kappa shape index (κ2) is 6.89. The van der Waals surface area contributed by atoms with E-state index in [0.29, 0.717) is 13.0 Å². The van der Waals surface area contributed by atoms with E-state index in [0.717, 1.165) is 31.4 Å². The molecule has 0 saturated carbocycles. The minimum Gasteiger partial charge on any atom is -0.393 e. The third kappa shape index (κ3) is 3.83. The van der Waals surface area contributed by atoms with Crippen LogP contribution in [-0.2, 0) is 17.6 Å². The molecule has 3 nitrogen and oxygen atoms in total. The third-order valence-electron chi connectivity index (χ3n) is 4.28. The van der Waals surface area contributed by atoms with Crippen LogP contribution in [-0.4, -0.2) is 35.1 Å². The first-order valence-electron chi connectivity index (χ1n) is 7.63. The molecule has 0 aromatic heterocycles. The fraction of sp³-hybridized carbons (Fsp3) is 0.588. The zero-order valence-corrected chi connectivity index (χ0v) is 12.5. The van der Waals surface area contributed by atoms with Gasteiger partial charge < -0.3 is 10.0 Å². The number of amides is 1. The van der Waals surface area contributed by atoms with Gasteiger partial charge in [-0.05, 0) is 37.3 Å². The molecule has 1 fully saturated rings. The van der Waals surface area contributed by atoms with Crippen molar-refractivity contribution < 1.29 is 9.90 Å². The number of likely N-dealkylation sites (tertiary alicyclic amines) is 1. The second-order valence-corrected chi connectivity index (χ2v) is 5.83. The molecule has 1 amide bonds. The number of carbonyl (C=O) groups is 1. The number of piperidine rings is 1. The highest BCUT2D eigenvalue weighted by Gasteiger charge is 2.26. The van der Waals surface area contributed by atoms with Gasteiger partial charge in [-0.1, -0.05) is 31.2 Å². The van der Waals surface area contributed by atoms with E-state index in [9.17, 15) is 9.90 Å². The number of aliphatic hydroxyl groups excluding tert-OH is 1. The largest absolute Gasteiger partial charge is 0.393 e. The number of carbonyl (C=O) groups excluding carboxylic acids is 1. The lowest BCUT2D eigenvalue weighted by Crippen LogP contribution is -2.43. The van der Waals surface area contributed by atoms with Crippen LogP contribution in [0.25, 0.3) is 0 Å². The maximum absolute atomic E-state index is 12.3. The predicted octanol–water partition coefficient (Wildman–Crippen LogP) is 2.41. The van der Waals surface area contributed by atoms with Crippen molar-refractivity contribution in [3.05, 3.63) is 35.4 Å². The summed E-state index contributed by atoms with van der Waals surface area (Å²) in [6, 6.07) is 8.29. The third-order valence-corrected chi connectivity index (χ3v) is 4.28. The van der Waals surface area contributed by atoms with Crippen LogP contribution in [0.3, 0.4) is 0 Å². The Bertz CT molecular complexity index is 439. The average Bonchev–Trinajstić information content (AvgIpc) is 2.48. The molecule has 20 heavy (non-hydrogen) atoms. The normalized spacial score (nSPS) is 20.8. The molecule has 2 atom stereocenters. The molecule has 0 aliphatic carbocycles. The summed E-state index contributed by atoms with van der Waals surface area (Å²) in [5.74, 6) is 0.412. The molecule has 1 aromatic rings. The summed E-state index contributed by atoms with van der Waals surface area (Å²) < 4.78 is 0. The monoisotopic (exact) mass is 275 g/mol. The fourth-order valence-electron chi connectivity index (χ4n) is 2.81. The number of nitrogens with zero attached hydrogens (tertiary/aromatic N) is 1. The summed E-state index contributed by atoms with van der Waals surface area (Å²) >= 11 is 0. The molecule has 1 aromatic carbocycles. The van der Waals surface area contributed by atoms with Crippen LogP contribution in [0.1, 0.15) is 37.8 Å². The zero-order valence-electron chi connectivity index (χ0n) is 12.5. The Morgan fingerprint density at radius 1 is 1.35 bits per heavy atom. The van der Waals surface area contributed by atoms with Crippen LogP contribution in [0.2, 0.25) is 0 Å². The summed E-state index contributed by atoms with van der Waals surface area (Å²) in [5, 5.41) is 9.69. The van der Waals surface area contributed by atoms with E-state index in [1.54, 1.807) is 0 Å². The van der Waals surface area contributed by atoms with Crippen LogP contribution in [0.15, 0.2) is 24.3 Å². The molecule has 0 radical (unpaired) electrons. The van der Waals surface area contributed by atoms with Gasteiger partial charge in [0.05, 0.1) is 12.5 Å². The maximum atomic E-state index is 12.3. The minimum absolute atomic E-state index is 0.180. The molecule has 1 saturated heterocycles. The molecule has 1 aliphatic rings. The van der Waals surface area contributed by atoms with Gasteiger partial charge in [0.25, 0.3) is 0 Å². The first kappa shape index (κ1) is 15.0. The molecular formula is C17H25NO2. The lowest BCUT2D eigenvalue weighted by atomic mass is 9.93. The van der Waals surface area contributed by atoms with Crippen molar-refractivity contribution in [2.75, 3.05) is 13.1 Å². The number of aryl methyl sites for hydroxylation is 1. The molecule has 0 bridgehead atoms. The van der Waals surface area contributed by atoms with Crippen LogP contribution in [0.4, 0.5) is 0 Å². The van der Waals surface area contributed by atoms with Gasteiger partial charge >= 0.3 is 0 Å². The Morgan fingerprint density at radius 2 is 2.00 bits per heavy atom. The zero-order chi connectivity index (χ0) is 14.5. The van der Waals surface area contributed by atoms with Gasteiger partial charge in [-0.15, -0.1) is 0 Å². The van der Waals surface area contributed by atoms with Crippen LogP contribution in [0.5, 0.6) is 0 Å². The van der Waals surface area contributed by atoms with Gasteiger partial charge in [-0.3, -0.25) is 4.79 Å². The number of benzene rings is 1. The van der Waals surface area contributed by atoms with E-state index in [1.807, 2.05) is 24.0 Å². The van der Waals surface area contributed by atoms with Crippen molar-refractivity contribution in [2.45, 2.75) is 45.6 Å². The number of rotatable bonds is 4. The maximum Gasteiger partial charge on any atom is 0.227 e. The Kier molecular flexibility index (Phi) is 5.18. The van der Waals surface area contributed by atoms with E-state index >= 15 is 0 Å². The van der Waals surface area contributed by atoms with Crippen molar-refractivity contribution in [2.24, 2.45) is 5.92 Å². The summed E-state index contributed by atoms with van der Waals surface area (Å²) in [4.78, 5) is 14.2. The Morgan fingerprint density at radius 3 is 2.60 bits per heavy atom. The summed E-state index contributed by atoms with van der Waals surface area (Å²) in [6.45, 7) is 5.48. The van der Waals surface area contributed by atoms with E-state index in [-0.39, 0.29) is 17.9 Å². The molecule has 2 rings (SSSR count). The van der Waals surface area contributed by atoms with Crippen molar-refractivity contribution in [3.8, 4) is 0 Å². The second-order valence-electron chi connectivity index (χ2n) is 5.83. The van der Waals surface area contributed by atoms with Crippen molar-refractivity contribution in [1.82, 2.24) is 4.90 Å². The molecule has 110 valence electrons. The van der Waals surface area contributed by atoms with Gasteiger partial charge in [0.2, 0.25) is 5.91 Å². The van der Waals surface area contributed by atoms with Crippen LogP contribution < -0.4 is 0 Å². The van der Waals surface area contributed by atoms with E-state index in [1.165, 1.54) is 5.56 Å². The van der Waals surface area contributed by atoms with Crippen molar-refractivity contribution >= 4 is 5.91 Å². The van der Waals surface area contributed by atoms with E-state index in [4.69, 9.17) is 0 Å². The fourth-order valence-corrected chi connectivity index (χ4v) is 2.81. The van der Waals surface area contributed by atoms with E-state index < -0.39 is 0 Å². The Labute approximate surface area is 121 Å². The molecular weight excluding hydrogens is 250 g/mol. The minimum atomic E-state index is -0.325. The summed E-state index contributed by atoms with van der Waals surface area (Å²) in [5.41, 5.74) is 2.37. The molecule has 2 unspecified atom stereocenters. The first-order chi connectivity index (χ1) is 9.60. The standard InChI is InChI=1S/C17H25NO2/c1-3-14-6-8-15(9-7-14)11-17(20)18-10-4-5-16(12-18)13(2)19/h6-9,13,16,19H,3-5,10-12H2,1-2H3. The SMILES string of the molecule is CCc1ccc(CC(=O)N2CCCC(C(C)O)C2)cc1. The lowest BCUT2D eigenvalue weighted by molar-refractivity contribution is -0.133. The van der Waals surface area contributed by atoms with Gasteiger partial charge in [0.1, 0.15) is 0 Å². The van der Waals surface area contributed by atoms with Crippen molar-refractivity contribution in [3.63, 3.8) is 0 Å². The van der Waals surface area contributed by atoms with Crippen molar-refractivity contribution in [1.29, 1.82) is 0 Å². The topological polar surface area (TPSA) is 40.5 Å². The molecule has 0 spiro atoms. The molecule has 1 aliphatic heterocycles. The summed E-state index contributed by atoms with van der Waals surface area (Å²) in [6.07, 6.45) is 3.18. The molecule has 1 N–H and O–H groups in total. The predicted molar refractivity (Wildman–Crippen MR) is 80.5 cm³/mol. The summed E-state index contributed by atoms with van der Waals surface area (Å²) in [7, 11) is 0. The molecule has 3 heteroatoms. The number of hydrogen-bond donors (Lipinski definition) is 1. The van der Waals surface area contributed by atoms with Crippen LogP contribution in [0, 0.1) is 5.92 Å². The lowest BCUT2D eigenvalue weighted by Gasteiger charge is -2.34. The Hall–Kier alpha value is -1.35. The Balaban J connectivity index is 1.93. The highest BCUT2D eigenvalue weighted by molar-refractivity contribution is 5.78. The van der Waals surface area contributed by atoms with E-state index in [2.05, 4.69) is 19.1 Å². The smallest absolute Gasteiger partial charge is 0.227 e. The highest BCUT2D eigenvalue weighted by Crippen LogP contribution is 2.20. The van der Waals surface area contributed by atoms with Gasteiger partial charge in [0.15, 0.2) is 0 Å². The van der Waals surface area contributed by atoms with Crippen LogP contribution >= 0.6 is 0 Å². The van der Waals surface area contributed by atoms with Gasteiger partial charge in [0, 0.05) is 19.0 Å². The number of hydrogen-bond acceptors (Lipinski definition) is 2. The highest BCUT2D eigenvalue weighted by atomic mass is 16.3. The number of aliphatic hydroxyl groups is 1. The molecule has 1 heterocycles. The first-order valence-corrected chi connectivity index (χ1v) is 7.63. The quantitative estimate of drug-likeness (QED) is 0.916.